The van der Waals surface area contributed by atoms with Gasteiger partial charge in [0.25, 0.3) is 0 Å². The summed E-state index contributed by atoms with van der Waals surface area (Å²) in [6.07, 6.45) is 0. The van der Waals surface area contributed by atoms with Crippen molar-refractivity contribution in [3.63, 3.8) is 0 Å². The van der Waals surface area contributed by atoms with E-state index in [2.05, 4.69) is 0 Å². The fourth-order valence-corrected chi connectivity index (χ4v) is 0. The normalized spacial score (nSPS) is 4.40. The second-order valence-electron chi connectivity index (χ2n) is 1.83. The average Bonchev–Trinajstić information content (AvgIpc) is 2.18. The van der Waals surface area contributed by atoms with Crippen molar-refractivity contribution < 1.29 is 195 Å². The van der Waals surface area contributed by atoms with Crippen LogP contribution in [0.1, 0.15) is 0 Å². The molecule has 194 valence electrons. The predicted octanol–water partition coefficient (Wildman–Crippen LogP) is -10.8. The summed E-state index contributed by atoms with van der Waals surface area (Å²) in [4.78, 5) is 54.6. The van der Waals surface area contributed by atoms with Gasteiger partial charge in [0.05, 0.1) is 0 Å². The van der Waals surface area contributed by atoms with Crippen LogP contribution in [0.2, 0.25) is 0 Å². The second kappa shape index (κ2) is 70.6. The molecule has 0 aromatic heterocycles. The number of aliphatic carboxylic acids is 6. The molecular weight excluding hydrogens is 725 g/mol. The van der Waals surface area contributed by atoms with Crippen LogP contribution in [0.4, 0.5) is 0 Å². The minimum atomic E-state index is -1.82. The third-order valence-corrected chi connectivity index (χ3v) is 0.549. The van der Waals surface area contributed by atoms with E-state index >= 15 is 0 Å². The maximum Gasteiger partial charge on any atom is 0.414 e. The Kier molecular flexibility index (Phi) is 272. The van der Waals surface area contributed by atoms with Crippen molar-refractivity contribution in [1.29, 1.82) is 0 Å². The molecule has 0 aromatic carbocycles. The molecule has 22 nitrogen and oxygen atoms in total. The Morgan fingerprint density at radius 2 is 0.300 bits per heavy atom. The van der Waals surface area contributed by atoms with Gasteiger partial charge in [0.1, 0.15) is 0 Å². The van der Waals surface area contributed by atoms with Gasteiger partial charge in [0.15, 0.2) is 0 Å². The van der Waals surface area contributed by atoms with E-state index < -0.39 is 35.8 Å². The predicted molar refractivity (Wildman–Crippen MR) is 82.0 cm³/mol. The van der Waals surface area contributed by atoms with Gasteiger partial charge in [-0.2, -0.15) is 0 Å². The minimum Gasteiger partial charge on any atom is -0.473 e. The Labute approximate surface area is 228 Å². The first-order valence-corrected chi connectivity index (χ1v) is 3.32. The Morgan fingerprint density at radius 3 is 0.300 bits per heavy atom. The molecule has 0 aliphatic carbocycles. The van der Waals surface area contributed by atoms with E-state index in [0.717, 1.165) is 0 Å². The van der Waals surface area contributed by atoms with Gasteiger partial charge in [-0.25, -0.2) is 28.8 Å². The molecule has 0 unspecified atom stereocenters. The number of carboxylic acids is 6. The Morgan fingerprint density at radius 1 is 0.267 bits per heavy atom. The standard InChI is InChI=1S/3C2H2O4.10H2O.2Sm/c3*3-1(4)2(5)6;;;;;;;;;;;;/h3*(H,3,4)(H,5,6);10*1H2;;. The van der Waals surface area contributed by atoms with Gasteiger partial charge in [-0.1, -0.05) is 0 Å². The fourth-order valence-electron chi connectivity index (χ4n) is 0. The summed E-state index contributed by atoms with van der Waals surface area (Å²) in [5.41, 5.74) is 0. The molecule has 0 fully saturated rings. The van der Waals surface area contributed by atoms with Crippen LogP contribution < -0.4 is 0 Å². The zero-order chi connectivity index (χ0) is 15.5. The number of hydrogen-bond acceptors (Lipinski definition) is 6. The summed E-state index contributed by atoms with van der Waals surface area (Å²) in [6.45, 7) is 0. The van der Waals surface area contributed by atoms with Crippen LogP contribution in [0, 0.1) is 80.8 Å². The van der Waals surface area contributed by atoms with Crippen LogP contribution in [-0.2, 0) is 28.8 Å². The Balaban J connectivity index is -0.00000000721. The molecule has 0 saturated carbocycles. The number of carbonyl (C=O) groups is 6. The van der Waals surface area contributed by atoms with E-state index in [9.17, 15) is 0 Å². The second-order valence-corrected chi connectivity index (χ2v) is 1.83. The van der Waals surface area contributed by atoms with Gasteiger partial charge in [0.2, 0.25) is 0 Å². The summed E-state index contributed by atoms with van der Waals surface area (Å²) >= 11 is 0. The third kappa shape index (κ3) is 150. The molecule has 0 aromatic rings. The maximum absolute atomic E-state index is 9.10. The molecule has 0 radical (unpaired) electrons. The van der Waals surface area contributed by atoms with Crippen LogP contribution in [0.5, 0.6) is 0 Å². The van der Waals surface area contributed by atoms with Crippen molar-refractivity contribution in [3.8, 4) is 0 Å². The number of carboxylic acid groups (broad SMARTS) is 6. The first-order valence-electron chi connectivity index (χ1n) is 3.32. The van der Waals surface area contributed by atoms with Crippen molar-refractivity contribution in [3.05, 3.63) is 0 Å². The van der Waals surface area contributed by atoms with Crippen LogP contribution >= 0.6 is 0 Å². The van der Waals surface area contributed by atoms with E-state index in [1.807, 2.05) is 0 Å². The molecule has 0 spiro atoms. The van der Waals surface area contributed by atoms with Gasteiger partial charge < -0.3 is 85.4 Å². The third-order valence-electron chi connectivity index (χ3n) is 0.549. The monoisotopic (exact) mass is 754 g/mol. The molecule has 0 bridgehead atoms. The molecular formula is C6H26O22Sm2. The van der Waals surface area contributed by atoms with Crippen molar-refractivity contribution in [2.75, 3.05) is 0 Å². The molecule has 30 heavy (non-hydrogen) atoms. The van der Waals surface area contributed by atoms with Gasteiger partial charge in [-0.3, -0.25) is 0 Å². The summed E-state index contributed by atoms with van der Waals surface area (Å²) in [5, 5.41) is 44.3. The molecule has 26 N–H and O–H groups in total. The van der Waals surface area contributed by atoms with Crippen molar-refractivity contribution in [2.45, 2.75) is 0 Å². The molecule has 0 saturated heterocycles. The summed E-state index contributed by atoms with van der Waals surface area (Å²) in [6, 6.07) is 0. The molecule has 0 heterocycles. The topological polar surface area (TPSA) is 539 Å². The maximum atomic E-state index is 9.10. The minimum absolute atomic E-state index is 0. The average molecular weight is 751 g/mol. The first kappa shape index (κ1) is 116. The quantitative estimate of drug-likeness (QED) is 0.126. The SMILES string of the molecule is O.O.O.O.O.O.O.O.O.O.O=C(O)C(=O)O.O=C(O)C(=O)O.O=C(O)C(=O)O.[Sm].[Sm]. The molecule has 0 aliphatic rings. The number of rotatable bonds is 0. The van der Waals surface area contributed by atoms with Crippen LogP contribution in [0.25, 0.3) is 0 Å². The van der Waals surface area contributed by atoms with Crippen molar-refractivity contribution in [1.82, 2.24) is 0 Å². The largest absolute Gasteiger partial charge is 0.473 e. The van der Waals surface area contributed by atoms with Gasteiger partial charge in [-0.15, -0.1) is 0 Å². The first-order chi connectivity index (χ1) is 7.93. The van der Waals surface area contributed by atoms with E-state index in [4.69, 9.17) is 59.4 Å². The zero-order valence-electron chi connectivity index (χ0n) is 13.9. The van der Waals surface area contributed by atoms with E-state index in [0.29, 0.717) is 0 Å². The van der Waals surface area contributed by atoms with Crippen LogP contribution in [0.15, 0.2) is 0 Å². The van der Waals surface area contributed by atoms with Gasteiger partial charge in [-0.05, 0) is 0 Å². The Bertz CT molecular complexity index is 287. The Hall–Kier alpha value is -0.905. The molecule has 24 heteroatoms. The van der Waals surface area contributed by atoms with E-state index in [-0.39, 0.29) is 136 Å². The smallest absolute Gasteiger partial charge is 0.414 e. The molecule has 0 rings (SSSR count). The molecule has 0 atom stereocenters. The summed E-state index contributed by atoms with van der Waals surface area (Å²) in [5.74, 6) is -10.9. The van der Waals surface area contributed by atoms with Crippen molar-refractivity contribution >= 4 is 35.8 Å². The number of hydrogen-bond donors (Lipinski definition) is 6. The van der Waals surface area contributed by atoms with E-state index in [1.165, 1.54) is 0 Å². The molecule has 0 aliphatic heterocycles. The van der Waals surface area contributed by atoms with Crippen LogP contribution in [0.3, 0.4) is 0 Å². The summed E-state index contributed by atoms with van der Waals surface area (Å²) < 4.78 is 0. The molecule has 0 amide bonds. The zero-order valence-corrected chi connectivity index (χ0v) is 19.2. The van der Waals surface area contributed by atoms with Crippen LogP contribution in [-0.4, -0.2) is 121 Å². The van der Waals surface area contributed by atoms with Gasteiger partial charge in [0, 0.05) is 80.8 Å². The van der Waals surface area contributed by atoms with Gasteiger partial charge >= 0.3 is 35.8 Å². The summed E-state index contributed by atoms with van der Waals surface area (Å²) in [7, 11) is 0. The van der Waals surface area contributed by atoms with E-state index in [1.54, 1.807) is 0 Å². The fraction of sp³-hybridized carbons (Fsp3) is 0. The van der Waals surface area contributed by atoms with Crippen molar-refractivity contribution in [2.24, 2.45) is 0 Å².